The lowest BCUT2D eigenvalue weighted by Gasteiger charge is -2.40. The highest BCUT2D eigenvalue weighted by molar-refractivity contribution is 5.93. The number of nitrogens with zero attached hydrogens (tertiary/aromatic N) is 10. The molecule has 6 heterocycles. The second-order valence-electron chi connectivity index (χ2n) is 19.0. The van der Waals surface area contributed by atoms with Gasteiger partial charge in [0, 0.05) is 62.5 Å². The number of aromatic hydroxyl groups is 1. The van der Waals surface area contributed by atoms with Crippen molar-refractivity contribution in [3.05, 3.63) is 177 Å². The highest BCUT2D eigenvalue weighted by Crippen LogP contribution is 2.38. The van der Waals surface area contributed by atoms with Crippen LogP contribution < -0.4 is 25.9 Å². The van der Waals surface area contributed by atoms with Gasteiger partial charge in [-0.15, -0.1) is 0 Å². The first-order chi connectivity index (χ1) is 37.0. The summed E-state index contributed by atoms with van der Waals surface area (Å²) in [4.78, 5) is 78.7. The second kappa shape index (κ2) is 20.5. The number of phenols is 1. The Morgan fingerprint density at radius 2 is 1.13 bits per heavy atom. The Morgan fingerprint density at radius 3 is 1.64 bits per heavy atom. The number of amides is 2. The predicted octanol–water partition coefficient (Wildman–Crippen LogP) is 8.11. The predicted molar refractivity (Wildman–Crippen MR) is 284 cm³/mol. The zero-order valence-corrected chi connectivity index (χ0v) is 42.3. The molecule has 2 amide bonds. The molecule has 0 aliphatic carbocycles. The van der Waals surface area contributed by atoms with Gasteiger partial charge < -0.3 is 29.4 Å². The average Bonchev–Trinajstić information content (AvgIpc) is 3.42. The molecule has 2 aliphatic heterocycles. The molecule has 0 unspecified atom stereocenters. The lowest BCUT2D eigenvalue weighted by Crippen LogP contribution is -2.54. The number of aryl methyl sites for hydroxylation is 2. The van der Waals surface area contributed by atoms with Gasteiger partial charge >= 0.3 is 11.4 Å². The van der Waals surface area contributed by atoms with E-state index in [0.29, 0.717) is 11.1 Å². The number of ether oxygens (including phenoxy) is 1. The average molecular weight is 1050 g/mol. The molecule has 0 bridgehead atoms. The van der Waals surface area contributed by atoms with E-state index in [4.69, 9.17) is 4.74 Å². The van der Waals surface area contributed by atoms with E-state index in [1.807, 2.05) is 13.8 Å². The lowest BCUT2D eigenvalue weighted by atomic mass is 10.1. The molecule has 0 radical (unpaired) electrons. The third kappa shape index (κ3) is 9.29. The van der Waals surface area contributed by atoms with Crippen molar-refractivity contribution in [2.75, 3.05) is 49.1 Å². The van der Waals surface area contributed by atoms with Crippen LogP contribution in [0.2, 0.25) is 0 Å². The van der Waals surface area contributed by atoms with Gasteiger partial charge in [-0.2, -0.15) is 9.97 Å². The summed E-state index contributed by atoms with van der Waals surface area (Å²) in [6.45, 7) is 15.4. The zero-order chi connectivity index (χ0) is 54.6. The molecule has 0 saturated carbocycles. The third-order valence-corrected chi connectivity index (χ3v) is 14.1. The Kier molecular flexibility index (Phi) is 13.7. The Balaban J connectivity index is 1.03. The van der Waals surface area contributed by atoms with Gasteiger partial charge in [0.2, 0.25) is 11.8 Å². The molecule has 20 heteroatoms. The van der Waals surface area contributed by atoms with Gasteiger partial charge in [-0.05, 0) is 105 Å². The number of piperazine rings is 2. The van der Waals surface area contributed by atoms with Crippen LogP contribution in [-0.4, -0.2) is 107 Å². The number of rotatable bonds is 11. The fraction of sp³-hybridized carbons (Fsp3) is 0.228. The van der Waals surface area contributed by atoms with Crippen molar-refractivity contribution < 1.29 is 37.0 Å². The molecule has 2 fully saturated rings. The topological polar surface area (TPSA) is 172 Å². The Labute approximate surface area is 438 Å². The van der Waals surface area contributed by atoms with Crippen LogP contribution in [-0.2, 0) is 16.2 Å². The van der Waals surface area contributed by atoms with E-state index in [2.05, 4.69) is 33.1 Å². The smallest absolute Gasteiger partial charge is 0.355 e. The third-order valence-electron chi connectivity index (χ3n) is 14.1. The summed E-state index contributed by atoms with van der Waals surface area (Å²) in [6, 6.07) is 20.6. The summed E-state index contributed by atoms with van der Waals surface area (Å²) in [5, 5.41) is 11.3. The number of benzene rings is 4. The molecular weight excluding hydrogens is 997 g/mol. The van der Waals surface area contributed by atoms with E-state index in [9.17, 15) is 24.3 Å². The molecule has 2 saturated heterocycles. The first-order valence-electron chi connectivity index (χ1n) is 24.7. The van der Waals surface area contributed by atoms with Crippen molar-refractivity contribution in [3.63, 3.8) is 0 Å². The Bertz CT molecular complexity index is 3870. The maximum atomic E-state index is 16.7. The summed E-state index contributed by atoms with van der Waals surface area (Å²) in [6.07, 6.45) is 2.43. The summed E-state index contributed by atoms with van der Waals surface area (Å²) < 4.78 is 73.5. The van der Waals surface area contributed by atoms with Crippen LogP contribution in [0.15, 0.2) is 126 Å². The van der Waals surface area contributed by atoms with Gasteiger partial charge in [0.15, 0.2) is 11.3 Å². The summed E-state index contributed by atoms with van der Waals surface area (Å²) >= 11 is 0. The van der Waals surface area contributed by atoms with E-state index in [-0.39, 0.29) is 149 Å². The van der Waals surface area contributed by atoms with Crippen LogP contribution in [0, 0.1) is 37.1 Å². The van der Waals surface area contributed by atoms with E-state index in [1.54, 1.807) is 63.8 Å². The molecule has 77 heavy (non-hydrogen) atoms. The molecule has 4 aromatic carbocycles. The Morgan fingerprint density at radius 1 is 0.623 bits per heavy atom. The maximum Gasteiger partial charge on any atom is 0.355 e. The number of carbonyl (C=O) groups excluding carboxylic acids is 2. The maximum absolute atomic E-state index is 16.7. The zero-order valence-electron chi connectivity index (χ0n) is 42.3. The molecule has 16 nitrogen and oxygen atoms in total. The first kappa shape index (κ1) is 51.3. The lowest BCUT2D eigenvalue weighted by molar-refractivity contribution is -0.127. The van der Waals surface area contributed by atoms with Crippen molar-refractivity contribution in [1.82, 2.24) is 38.9 Å². The fourth-order valence-corrected chi connectivity index (χ4v) is 10.3. The van der Waals surface area contributed by atoms with Crippen LogP contribution in [0.5, 0.6) is 11.5 Å². The van der Waals surface area contributed by atoms with Crippen LogP contribution in [0.3, 0.4) is 0 Å². The van der Waals surface area contributed by atoms with E-state index >= 15 is 17.6 Å². The highest BCUT2D eigenvalue weighted by Gasteiger charge is 2.33. The monoisotopic (exact) mass is 1050 g/mol. The number of anilines is 2. The standard InChI is InChI=1S/C57H50F4N10O6/c1-7-46(73)66-21-23-68(33(5)28-66)52-38-26-43(61)49(63-54(38)70(56(75)64-52)50-31(3)13-11-17-44(50)72)37-20-19-35(25-41(37)59)30-77-45-18-12-14-32(4)51(45)71-55-39(27-42(60)48(62-55)36-15-9-10-16-40(36)58)53(65-57(71)76)69-24-22-67(29-34(69)6)47(74)8-2/h7-20,25-27,33-34,72H,1-2,21-24,28-30H2,3-6H3/t33-,34-/m0/s1. The quantitative estimate of drug-likeness (QED) is 0.0976. The van der Waals surface area contributed by atoms with E-state index in [1.165, 1.54) is 54.6 Å². The molecule has 10 rings (SSSR count). The number of hydrogen-bond acceptors (Lipinski definition) is 12. The molecule has 2 atom stereocenters. The number of aromatic nitrogens is 6. The molecule has 1 N–H and O–H groups in total. The van der Waals surface area contributed by atoms with Gasteiger partial charge in [-0.3, -0.25) is 9.59 Å². The largest absolute Gasteiger partial charge is 0.506 e. The molecule has 2 aliphatic rings. The van der Waals surface area contributed by atoms with Gasteiger partial charge in [-0.25, -0.2) is 46.3 Å². The summed E-state index contributed by atoms with van der Waals surface area (Å²) in [7, 11) is 0. The van der Waals surface area contributed by atoms with Crippen LogP contribution >= 0.6 is 0 Å². The minimum absolute atomic E-state index is 0.0475. The van der Waals surface area contributed by atoms with Crippen molar-refractivity contribution in [3.8, 4) is 45.4 Å². The van der Waals surface area contributed by atoms with Crippen molar-refractivity contribution in [2.45, 2.75) is 46.4 Å². The SMILES string of the molecule is C=CC(=O)N1CCN(c2nc(=O)n(-c3c(C)cccc3O)c3nc(-c4ccc(COc5cccc(C)c5-n5c(=O)nc(N6CCN(C(=O)C=C)C[C@@H]6C)c6cc(F)c(-c7ccccc7F)nc65)cc4F)c(F)cc23)[C@@H](C)C1. The van der Waals surface area contributed by atoms with Gasteiger partial charge in [0.05, 0.1) is 22.1 Å². The molecule has 392 valence electrons. The summed E-state index contributed by atoms with van der Waals surface area (Å²) in [5.41, 5.74) is -1.63. The minimum atomic E-state index is -0.941. The van der Waals surface area contributed by atoms with Gasteiger partial charge in [0.25, 0.3) is 0 Å². The normalized spacial score (nSPS) is 15.8. The van der Waals surface area contributed by atoms with Crippen LogP contribution in [0.4, 0.5) is 29.2 Å². The van der Waals surface area contributed by atoms with Crippen LogP contribution in [0.1, 0.15) is 30.5 Å². The number of para-hydroxylation sites is 2. The number of hydrogen-bond donors (Lipinski definition) is 1. The second-order valence-corrected chi connectivity index (χ2v) is 19.0. The fourth-order valence-electron chi connectivity index (χ4n) is 10.3. The molecule has 0 spiro atoms. The van der Waals surface area contributed by atoms with Crippen molar-refractivity contribution >= 4 is 45.5 Å². The van der Waals surface area contributed by atoms with Crippen LogP contribution in [0.25, 0.3) is 56.0 Å². The molecular formula is C57H50F4N10O6. The van der Waals surface area contributed by atoms with Crippen molar-refractivity contribution in [1.29, 1.82) is 0 Å². The van der Waals surface area contributed by atoms with Crippen molar-refractivity contribution in [2.24, 2.45) is 0 Å². The Hall–Kier alpha value is -9.20. The number of phenolic OH excluding ortho intramolecular Hbond substituents is 1. The number of halogens is 4. The number of fused-ring (bicyclic) bond motifs is 2. The number of pyridine rings is 2. The van der Waals surface area contributed by atoms with E-state index < -0.39 is 40.3 Å². The number of carbonyl (C=O) groups is 2. The molecule has 4 aromatic heterocycles. The highest BCUT2D eigenvalue weighted by atomic mass is 19.1. The molecule has 8 aromatic rings. The van der Waals surface area contributed by atoms with E-state index in [0.717, 1.165) is 27.3 Å². The first-order valence-corrected chi connectivity index (χ1v) is 24.7. The minimum Gasteiger partial charge on any atom is -0.506 e. The van der Waals surface area contributed by atoms with Gasteiger partial charge in [0.1, 0.15) is 64.4 Å². The van der Waals surface area contributed by atoms with Gasteiger partial charge in [-0.1, -0.05) is 55.6 Å². The summed E-state index contributed by atoms with van der Waals surface area (Å²) in [5.74, 6) is -3.97.